The Hall–Kier alpha value is -1.31. The smallest absolute Gasteiger partial charge is 0.302 e. The second-order valence-corrected chi connectivity index (χ2v) is 14.2. The Balaban J connectivity index is 1.56. The van der Waals surface area contributed by atoms with Gasteiger partial charge < -0.3 is 4.74 Å². The van der Waals surface area contributed by atoms with Gasteiger partial charge in [-0.3, -0.25) is 4.79 Å². The summed E-state index contributed by atoms with van der Waals surface area (Å²) < 4.78 is 5.86. The molecule has 3 saturated carbocycles. The molecule has 2 heteroatoms. The summed E-state index contributed by atoms with van der Waals surface area (Å²) in [5.74, 6) is 3.37. The van der Waals surface area contributed by atoms with E-state index < -0.39 is 0 Å². The summed E-state index contributed by atoms with van der Waals surface area (Å²) in [4.78, 5) is 11.9. The van der Waals surface area contributed by atoms with Crippen LogP contribution in [0.15, 0.2) is 35.5 Å². The number of carbonyl (C=O) groups excluding carboxylic acids is 1. The van der Waals surface area contributed by atoms with Gasteiger partial charge in [0.1, 0.15) is 6.10 Å². The van der Waals surface area contributed by atoms with E-state index in [4.69, 9.17) is 4.74 Å². The van der Waals surface area contributed by atoms with Crippen LogP contribution in [-0.2, 0) is 9.53 Å². The van der Waals surface area contributed by atoms with Crippen LogP contribution in [0.3, 0.4) is 0 Å². The van der Waals surface area contributed by atoms with E-state index in [0.29, 0.717) is 17.8 Å². The molecule has 34 heavy (non-hydrogen) atoms. The average Bonchev–Trinajstić information content (AvgIpc) is 2.73. The Labute approximate surface area is 208 Å². The van der Waals surface area contributed by atoms with Gasteiger partial charge >= 0.3 is 5.97 Å². The molecule has 9 unspecified atom stereocenters. The van der Waals surface area contributed by atoms with E-state index in [-0.39, 0.29) is 33.7 Å². The molecule has 5 rings (SSSR count). The predicted molar refractivity (Wildman–Crippen MR) is 140 cm³/mol. The van der Waals surface area contributed by atoms with Crippen LogP contribution < -0.4 is 0 Å². The molecule has 0 radical (unpaired) electrons. The molecule has 0 spiro atoms. The zero-order valence-electron chi connectivity index (χ0n) is 23.1. The van der Waals surface area contributed by atoms with Gasteiger partial charge in [0.2, 0.25) is 0 Å². The van der Waals surface area contributed by atoms with Crippen molar-refractivity contribution in [2.45, 2.75) is 106 Å². The van der Waals surface area contributed by atoms with Gasteiger partial charge in [-0.15, -0.1) is 0 Å². The number of carbonyl (C=O) groups is 1. The van der Waals surface area contributed by atoms with Gasteiger partial charge in [0.05, 0.1) is 0 Å². The summed E-state index contributed by atoms with van der Waals surface area (Å²) in [5.41, 5.74) is 5.42. The Morgan fingerprint density at radius 2 is 1.76 bits per heavy atom. The summed E-state index contributed by atoms with van der Waals surface area (Å²) in [6.45, 7) is 23.5. The molecule has 0 amide bonds. The molecule has 5 aliphatic carbocycles. The van der Waals surface area contributed by atoms with Crippen LogP contribution in [0, 0.1) is 51.2 Å². The van der Waals surface area contributed by atoms with Crippen LogP contribution in [0.2, 0.25) is 0 Å². The Morgan fingerprint density at radius 3 is 2.44 bits per heavy atom. The van der Waals surface area contributed by atoms with Gasteiger partial charge in [-0.25, -0.2) is 0 Å². The third kappa shape index (κ3) is 3.02. The van der Waals surface area contributed by atoms with E-state index in [9.17, 15) is 4.79 Å². The molecule has 3 fully saturated rings. The number of fused-ring (bicyclic) bond motifs is 7. The lowest BCUT2D eigenvalue weighted by Gasteiger charge is -2.68. The Morgan fingerprint density at radius 1 is 1.06 bits per heavy atom. The second kappa shape index (κ2) is 7.59. The summed E-state index contributed by atoms with van der Waals surface area (Å²) in [6, 6.07) is 0. The minimum Gasteiger partial charge on any atom is -0.462 e. The van der Waals surface area contributed by atoms with Crippen LogP contribution in [-0.4, -0.2) is 12.1 Å². The fourth-order valence-corrected chi connectivity index (χ4v) is 10.3. The highest BCUT2D eigenvalue weighted by Gasteiger charge is 2.65. The van der Waals surface area contributed by atoms with E-state index in [1.54, 1.807) is 18.1 Å². The maximum Gasteiger partial charge on any atom is 0.302 e. The number of esters is 1. The summed E-state index contributed by atoms with van der Waals surface area (Å²) in [6.07, 6.45) is 13.7. The van der Waals surface area contributed by atoms with Crippen LogP contribution in [0.1, 0.15) is 100 Å². The van der Waals surface area contributed by atoms with Gasteiger partial charge in [0, 0.05) is 12.3 Å². The van der Waals surface area contributed by atoms with Crippen molar-refractivity contribution in [2.75, 3.05) is 0 Å². The number of rotatable bonds is 1. The van der Waals surface area contributed by atoms with Crippen LogP contribution in [0.5, 0.6) is 0 Å². The number of ether oxygens (including phenoxy) is 1. The van der Waals surface area contributed by atoms with Crippen molar-refractivity contribution in [2.24, 2.45) is 51.2 Å². The number of hydrogen-bond donors (Lipinski definition) is 0. The van der Waals surface area contributed by atoms with Gasteiger partial charge in [-0.1, -0.05) is 83.9 Å². The molecule has 188 valence electrons. The van der Waals surface area contributed by atoms with E-state index in [0.717, 1.165) is 31.1 Å². The van der Waals surface area contributed by atoms with Crippen molar-refractivity contribution >= 4 is 5.97 Å². The molecule has 2 nitrogen and oxygen atoms in total. The first-order valence-corrected chi connectivity index (χ1v) is 14.0. The zero-order valence-corrected chi connectivity index (χ0v) is 23.1. The van der Waals surface area contributed by atoms with E-state index >= 15 is 0 Å². The molecule has 5 aliphatic rings. The second-order valence-electron chi connectivity index (χ2n) is 14.2. The van der Waals surface area contributed by atoms with Crippen molar-refractivity contribution in [1.29, 1.82) is 0 Å². The SMILES string of the molecule is C=C1CC(C)C2CCC3(C)C(=CCC4C5(C)CCC(OC(C)=O)C(C)(C)C5=CCC43C)C2C1C. The minimum absolute atomic E-state index is 0.00927. The first-order valence-electron chi connectivity index (χ1n) is 14.0. The minimum atomic E-state index is -0.144. The maximum absolute atomic E-state index is 11.9. The molecule has 0 saturated heterocycles. The van der Waals surface area contributed by atoms with Crippen LogP contribution in [0.4, 0.5) is 0 Å². The third-order valence-corrected chi connectivity index (χ3v) is 12.4. The monoisotopic (exact) mass is 464 g/mol. The molecule has 0 aromatic carbocycles. The topological polar surface area (TPSA) is 26.3 Å². The highest BCUT2D eigenvalue weighted by Crippen LogP contribution is 2.73. The Bertz CT molecular complexity index is 967. The fraction of sp³-hybridized carbons (Fsp3) is 0.781. The molecular weight excluding hydrogens is 416 g/mol. The molecular formula is C32H48O2. The highest BCUT2D eigenvalue weighted by atomic mass is 16.5. The van der Waals surface area contributed by atoms with E-state index in [1.165, 1.54) is 31.3 Å². The van der Waals surface area contributed by atoms with Gasteiger partial charge in [-0.2, -0.15) is 0 Å². The molecule has 0 N–H and O–H groups in total. The van der Waals surface area contributed by atoms with Crippen LogP contribution in [0.25, 0.3) is 0 Å². The lowest BCUT2D eigenvalue weighted by Crippen LogP contribution is -2.61. The van der Waals surface area contributed by atoms with Gasteiger partial charge in [-0.05, 0) is 90.8 Å². The summed E-state index contributed by atoms with van der Waals surface area (Å²) in [7, 11) is 0. The van der Waals surface area contributed by atoms with Gasteiger partial charge in [0.25, 0.3) is 0 Å². The van der Waals surface area contributed by atoms with E-state index in [2.05, 4.69) is 67.2 Å². The maximum atomic E-state index is 11.9. The van der Waals surface area contributed by atoms with Crippen molar-refractivity contribution in [3.05, 3.63) is 35.5 Å². The summed E-state index contributed by atoms with van der Waals surface area (Å²) in [5, 5.41) is 0. The molecule has 0 aromatic heterocycles. The lowest BCUT2D eigenvalue weighted by molar-refractivity contribution is -0.158. The average molecular weight is 465 g/mol. The molecule has 0 bridgehead atoms. The number of hydrogen-bond acceptors (Lipinski definition) is 2. The fourth-order valence-electron chi connectivity index (χ4n) is 10.3. The molecule has 0 aromatic rings. The first kappa shape index (κ1) is 24.4. The van der Waals surface area contributed by atoms with Crippen molar-refractivity contribution < 1.29 is 9.53 Å². The molecule has 9 atom stereocenters. The zero-order chi connectivity index (χ0) is 24.8. The molecule has 0 aliphatic heterocycles. The first-order chi connectivity index (χ1) is 15.8. The van der Waals surface area contributed by atoms with Crippen molar-refractivity contribution in [3.8, 4) is 0 Å². The quantitative estimate of drug-likeness (QED) is 0.288. The molecule has 0 heterocycles. The number of allylic oxidation sites excluding steroid dienone is 4. The van der Waals surface area contributed by atoms with Gasteiger partial charge in [0.15, 0.2) is 0 Å². The lowest BCUT2D eigenvalue weighted by atomic mass is 9.36. The standard InChI is InChI=1S/C32H48O2/c1-19-18-20(2)23-12-16-31(8)24(28(23)21(19)3)10-11-26-30(7)15-14-27(34-22(4)33)29(5,6)25(30)13-17-32(26,31)9/h10,13,20-21,23,26-28H,1,11-12,14-18H2,2-9H3. The normalized spacial score (nSPS) is 49.5. The third-order valence-electron chi connectivity index (χ3n) is 12.4. The summed E-state index contributed by atoms with van der Waals surface area (Å²) >= 11 is 0. The Kier molecular flexibility index (Phi) is 5.45. The predicted octanol–water partition coefficient (Wildman–Crippen LogP) is 8.29. The van der Waals surface area contributed by atoms with E-state index in [1.807, 2.05) is 0 Å². The largest absolute Gasteiger partial charge is 0.462 e. The van der Waals surface area contributed by atoms with Crippen molar-refractivity contribution in [1.82, 2.24) is 0 Å². The highest BCUT2D eigenvalue weighted by molar-refractivity contribution is 5.66. The van der Waals surface area contributed by atoms with Crippen molar-refractivity contribution in [3.63, 3.8) is 0 Å². The van der Waals surface area contributed by atoms with Crippen LogP contribution >= 0.6 is 0 Å².